The summed E-state index contributed by atoms with van der Waals surface area (Å²) in [4.78, 5) is 16.3. The molecule has 2 rings (SSSR count). The second kappa shape index (κ2) is 6.63. The molecule has 0 aliphatic carbocycles. The molecule has 1 unspecified atom stereocenters. The lowest BCUT2D eigenvalue weighted by Crippen LogP contribution is -2.32. The van der Waals surface area contributed by atoms with Crippen LogP contribution in [0.3, 0.4) is 0 Å². The van der Waals surface area contributed by atoms with Crippen molar-refractivity contribution in [2.24, 2.45) is 5.73 Å². The van der Waals surface area contributed by atoms with Gasteiger partial charge in [-0.15, -0.1) is 11.3 Å². The average Bonchev–Trinajstić information content (AvgIpc) is 2.95. The lowest BCUT2D eigenvalue weighted by atomic mass is 10.1. The molecule has 1 amide bonds. The Morgan fingerprint density at radius 1 is 1.35 bits per heavy atom. The van der Waals surface area contributed by atoms with Gasteiger partial charge in [-0.05, 0) is 5.56 Å². The molecule has 1 aromatic carbocycles. The lowest BCUT2D eigenvalue weighted by Gasteiger charge is -2.12. The molecular formula is C15H19N3OS. The fraction of sp³-hybridized carbons (Fsp3) is 0.333. The minimum atomic E-state index is -0.205. The van der Waals surface area contributed by atoms with Gasteiger partial charge in [0.05, 0.1) is 5.01 Å². The van der Waals surface area contributed by atoms with Crippen molar-refractivity contribution in [3.8, 4) is 0 Å². The van der Waals surface area contributed by atoms with Crippen molar-refractivity contribution in [3.63, 3.8) is 0 Å². The molecule has 1 atom stereocenters. The minimum absolute atomic E-state index is 0.167. The zero-order valence-electron chi connectivity index (χ0n) is 11.7. The summed E-state index contributed by atoms with van der Waals surface area (Å²) in [5.41, 5.74) is 7.52. The van der Waals surface area contributed by atoms with Gasteiger partial charge in [0.25, 0.3) is 5.91 Å². The third-order valence-electron chi connectivity index (χ3n) is 2.96. The van der Waals surface area contributed by atoms with Gasteiger partial charge in [-0.25, -0.2) is 4.98 Å². The predicted molar refractivity (Wildman–Crippen MR) is 81.9 cm³/mol. The molecule has 2 aromatic rings. The summed E-state index contributed by atoms with van der Waals surface area (Å²) in [6.45, 7) is 4.52. The van der Waals surface area contributed by atoms with Crippen LogP contribution in [-0.4, -0.2) is 17.4 Å². The van der Waals surface area contributed by atoms with E-state index in [2.05, 4.69) is 24.1 Å². The maximum atomic E-state index is 12.0. The van der Waals surface area contributed by atoms with Crippen LogP contribution >= 0.6 is 11.3 Å². The summed E-state index contributed by atoms with van der Waals surface area (Å²) in [5, 5.41) is 5.59. The number of hydrogen-bond donors (Lipinski definition) is 2. The van der Waals surface area contributed by atoms with Gasteiger partial charge >= 0.3 is 0 Å². The first-order chi connectivity index (χ1) is 9.58. The highest BCUT2D eigenvalue weighted by atomic mass is 32.1. The molecule has 0 bridgehead atoms. The quantitative estimate of drug-likeness (QED) is 0.889. The third-order valence-corrected chi connectivity index (χ3v) is 4.10. The van der Waals surface area contributed by atoms with Crippen LogP contribution in [-0.2, 0) is 0 Å². The van der Waals surface area contributed by atoms with Gasteiger partial charge < -0.3 is 11.1 Å². The Morgan fingerprint density at radius 3 is 2.65 bits per heavy atom. The van der Waals surface area contributed by atoms with Crippen LogP contribution in [0.5, 0.6) is 0 Å². The monoisotopic (exact) mass is 289 g/mol. The van der Waals surface area contributed by atoms with Gasteiger partial charge in [-0.1, -0.05) is 44.2 Å². The van der Waals surface area contributed by atoms with E-state index in [-0.39, 0.29) is 11.9 Å². The Bertz CT molecular complexity index is 566. The number of amides is 1. The van der Waals surface area contributed by atoms with Crippen LogP contribution in [0.2, 0.25) is 0 Å². The molecule has 106 valence electrons. The third kappa shape index (κ3) is 3.65. The molecule has 0 fully saturated rings. The Morgan fingerprint density at radius 2 is 2.05 bits per heavy atom. The van der Waals surface area contributed by atoms with Gasteiger partial charge in [0.2, 0.25) is 0 Å². The number of nitrogens with one attached hydrogen (secondary N) is 1. The number of hydrogen-bond acceptors (Lipinski definition) is 4. The largest absolute Gasteiger partial charge is 0.349 e. The Labute approximate surface area is 123 Å². The standard InChI is InChI=1S/C15H19N3OS/c1-10(2)15-18-13(9-20-15)14(19)17-8-12(16)11-6-4-3-5-7-11/h3-7,9-10,12H,8,16H2,1-2H3,(H,17,19). The van der Waals surface area contributed by atoms with Crippen molar-refractivity contribution >= 4 is 17.2 Å². The summed E-state index contributed by atoms with van der Waals surface area (Å²) in [6.07, 6.45) is 0. The highest BCUT2D eigenvalue weighted by Gasteiger charge is 2.13. The number of rotatable bonds is 5. The van der Waals surface area contributed by atoms with E-state index in [0.717, 1.165) is 10.6 Å². The van der Waals surface area contributed by atoms with E-state index >= 15 is 0 Å². The number of benzene rings is 1. The van der Waals surface area contributed by atoms with Crippen molar-refractivity contribution < 1.29 is 4.79 Å². The highest BCUT2D eigenvalue weighted by Crippen LogP contribution is 2.19. The number of nitrogens with two attached hydrogens (primary N) is 1. The first-order valence-corrected chi connectivity index (χ1v) is 7.50. The number of nitrogens with zero attached hydrogens (tertiary/aromatic N) is 1. The molecule has 0 radical (unpaired) electrons. The number of carbonyl (C=O) groups excluding carboxylic acids is 1. The molecule has 1 aromatic heterocycles. The van der Waals surface area contributed by atoms with Gasteiger partial charge in [-0.3, -0.25) is 4.79 Å². The van der Waals surface area contributed by atoms with Crippen molar-refractivity contribution in [3.05, 3.63) is 52.0 Å². The molecule has 0 saturated heterocycles. The zero-order valence-corrected chi connectivity index (χ0v) is 12.5. The van der Waals surface area contributed by atoms with Crippen LogP contribution in [0, 0.1) is 0 Å². The summed E-state index contributed by atoms with van der Waals surface area (Å²) >= 11 is 1.51. The summed E-state index contributed by atoms with van der Waals surface area (Å²) in [7, 11) is 0. The van der Waals surface area contributed by atoms with Gasteiger partial charge in [0.1, 0.15) is 5.69 Å². The number of aromatic nitrogens is 1. The van der Waals surface area contributed by atoms with E-state index in [9.17, 15) is 4.79 Å². The second-order valence-corrected chi connectivity index (χ2v) is 5.84. The van der Waals surface area contributed by atoms with Crippen LogP contribution in [0.15, 0.2) is 35.7 Å². The van der Waals surface area contributed by atoms with Crippen molar-refractivity contribution in [2.75, 3.05) is 6.54 Å². The normalized spacial score (nSPS) is 12.4. The smallest absolute Gasteiger partial charge is 0.270 e. The van der Waals surface area contributed by atoms with Crippen molar-refractivity contribution in [1.29, 1.82) is 0 Å². The molecule has 20 heavy (non-hydrogen) atoms. The molecule has 4 nitrogen and oxygen atoms in total. The maximum absolute atomic E-state index is 12.0. The van der Waals surface area contributed by atoms with Crippen LogP contribution in [0.1, 0.15) is 46.9 Å². The predicted octanol–water partition coefficient (Wildman–Crippen LogP) is 2.70. The summed E-state index contributed by atoms with van der Waals surface area (Å²) in [6, 6.07) is 9.52. The van der Waals surface area contributed by atoms with E-state index in [1.54, 1.807) is 5.38 Å². The van der Waals surface area contributed by atoms with E-state index < -0.39 is 0 Å². The lowest BCUT2D eigenvalue weighted by molar-refractivity contribution is 0.0946. The average molecular weight is 289 g/mol. The molecule has 5 heteroatoms. The van der Waals surface area contributed by atoms with Gasteiger partial charge in [0.15, 0.2) is 0 Å². The highest BCUT2D eigenvalue weighted by molar-refractivity contribution is 7.09. The van der Waals surface area contributed by atoms with Crippen LogP contribution in [0.25, 0.3) is 0 Å². The fourth-order valence-corrected chi connectivity index (χ4v) is 2.58. The molecule has 0 aliphatic rings. The summed E-state index contributed by atoms with van der Waals surface area (Å²) in [5.74, 6) is 0.174. The van der Waals surface area contributed by atoms with Crippen molar-refractivity contribution in [2.45, 2.75) is 25.8 Å². The number of carbonyl (C=O) groups is 1. The molecule has 1 heterocycles. The number of thiazole rings is 1. The van der Waals surface area contributed by atoms with E-state index in [1.807, 2.05) is 30.3 Å². The first-order valence-electron chi connectivity index (χ1n) is 6.62. The minimum Gasteiger partial charge on any atom is -0.349 e. The van der Waals surface area contributed by atoms with Crippen molar-refractivity contribution in [1.82, 2.24) is 10.3 Å². The van der Waals surface area contributed by atoms with Crippen LogP contribution < -0.4 is 11.1 Å². The SMILES string of the molecule is CC(C)c1nc(C(=O)NCC(N)c2ccccc2)cs1. The first kappa shape index (κ1) is 14.7. The molecule has 0 aliphatic heterocycles. The fourth-order valence-electron chi connectivity index (χ4n) is 1.77. The summed E-state index contributed by atoms with van der Waals surface area (Å²) < 4.78 is 0. The zero-order chi connectivity index (χ0) is 14.5. The van der Waals surface area contributed by atoms with E-state index in [1.165, 1.54) is 11.3 Å². The van der Waals surface area contributed by atoms with E-state index in [4.69, 9.17) is 5.73 Å². The molecule has 3 N–H and O–H groups in total. The maximum Gasteiger partial charge on any atom is 0.270 e. The second-order valence-electron chi connectivity index (χ2n) is 4.95. The Hall–Kier alpha value is -1.72. The Balaban J connectivity index is 1.91. The van der Waals surface area contributed by atoms with Gasteiger partial charge in [-0.2, -0.15) is 0 Å². The van der Waals surface area contributed by atoms with E-state index in [0.29, 0.717) is 18.2 Å². The van der Waals surface area contributed by atoms with Crippen LogP contribution in [0.4, 0.5) is 0 Å². The molecule has 0 saturated carbocycles. The molecule has 0 spiro atoms. The topological polar surface area (TPSA) is 68.0 Å². The van der Waals surface area contributed by atoms with Gasteiger partial charge in [0, 0.05) is 23.9 Å². The Kier molecular flexibility index (Phi) is 4.87. The molecular weight excluding hydrogens is 270 g/mol.